The van der Waals surface area contributed by atoms with E-state index < -0.39 is 0 Å². The van der Waals surface area contributed by atoms with Crippen LogP contribution in [-0.2, 0) is 6.42 Å². The molecule has 0 unspecified atom stereocenters. The summed E-state index contributed by atoms with van der Waals surface area (Å²) in [7, 11) is 1.79. The molecule has 0 spiro atoms. The summed E-state index contributed by atoms with van der Waals surface area (Å²) in [5.41, 5.74) is 3.32. The first-order chi connectivity index (χ1) is 9.89. The fraction of sp³-hybridized carbons (Fsp3) is 0.500. The molecule has 5 heteroatoms. The average Bonchev–Trinajstić information content (AvgIpc) is 2.80. The van der Waals surface area contributed by atoms with Crippen molar-refractivity contribution in [1.82, 2.24) is 20.0 Å². The molecule has 0 aliphatic carbocycles. The van der Waals surface area contributed by atoms with Crippen molar-refractivity contribution in [2.45, 2.75) is 39.7 Å². The van der Waals surface area contributed by atoms with E-state index in [9.17, 15) is 0 Å². The Hall–Kier alpha value is -2.04. The smallest absolute Gasteiger partial charge is 0.191 e. The van der Waals surface area contributed by atoms with Crippen LogP contribution < -0.4 is 10.6 Å². The van der Waals surface area contributed by atoms with E-state index in [4.69, 9.17) is 0 Å². The van der Waals surface area contributed by atoms with Gasteiger partial charge >= 0.3 is 0 Å². The van der Waals surface area contributed by atoms with Crippen LogP contribution in [-0.4, -0.2) is 34.5 Å². The van der Waals surface area contributed by atoms with Gasteiger partial charge in [-0.25, -0.2) is 4.98 Å². The minimum Gasteiger partial charge on any atom is -0.356 e. The minimum atomic E-state index is 0.00203. The number of aromatic nitrogens is 2. The Morgan fingerprint density at radius 1 is 1.38 bits per heavy atom. The van der Waals surface area contributed by atoms with Crippen LogP contribution in [0.2, 0.25) is 0 Å². The number of fused-ring (bicyclic) bond motifs is 1. The third-order valence-corrected chi connectivity index (χ3v) is 3.12. The topological polar surface area (TPSA) is 53.7 Å². The number of aliphatic imine (C=N–C) groups is 1. The third-order valence-electron chi connectivity index (χ3n) is 3.12. The largest absolute Gasteiger partial charge is 0.356 e. The zero-order valence-electron chi connectivity index (χ0n) is 13.6. The highest BCUT2D eigenvalue weighted by Crippen LogP contribution is 2.10. The molecule has 2 rings (SSSR count). The number of pyridine rings is 1. The molecule has 0 fully saturated rings. The molecule has 2 aromatic rings. The normalized spacial score (nSPS) is 12.7. The van der Waals surface area contributed by atoms with Crippen molar-refractivity contribution in [3.05, 3.63) is 35.8 Å². The summed E-state index contributed by atoms with van der Waals surface area (Å²) in [6.45, 7) is 9.23. The van der Waals surface area contributed by atoms with Crippen LogP contribution in [0.15, 0.2) is 29.5 Å². The predicted molar refractivity (Wildman–Crippen MR) is 87.9 cm³/mol. The van der Waals surface area contributed by atoms with Crippen LogP contribution in [0.4, 0.5) is 0 Å². The molecule has 5 nitrogen and oxygen atoms in total. The lowest BCUT2D eigenvalue weighted by Gasteiger charge is -2.23. The molecule has 0 amide bonds. The summed E-state index contributed by atoms with van der Waals surface area (Å²) in [5, 5.41) is 6.66. The molecule has 2 N–H and O–H groups in total. The van der Waals surface area contributed by atoms with Gasteiger partial charge in [0.1, 0.15) is 5.65 Å². The number of aryl methyl sites for hydroxylation is 1. The van der Waals surface area contributed by atoms with Crippen molar-refractivity contribution in [2.75, 3.05) is 13.6 Å². The van der Waals surface area contributed by atoms with Gasteiger partial charge in [0.25, 0.3) is 0 Å². The van der Waals surface area contributed by atoms with E-state index in [1.165, 1.54) is 5.56 Å². The van der Waals surface area contributed by atoms with Gasteiger partial charge in [-0.2, -0.15) is 0 Å². The van der Waals surface area contributed by atoms with Crippen molar-refractivity contribution in [3.63, 3.8) is 0 Å². The lowest BCUT2D eigenvalue weighted by atomic mass is 10.1. The molecule has 0 saturated carbocycles. The standard InChI is InChI=1S/C16H25N5/c1-12-7-6-10-21-11-13(19-14(12)21)8-9-18-15(17-5)20-16(2,3)4/h6-7,10-11H,8-9H2,1-5H3,(H2,17,18,20). The molecule has 0 aliphatic rings. The Morgan fingerprint density at radius 2 is 2.14 bits per heavy atom. The molecular weight excluding hydrogens is 262 g/mol. The van der Waals surface area contributed by atoms with E-state index in [2.05, 4.69) is 65.0 Å². The Labute approximate surface area is 126 Å². The van der Waals surface area contributed by atoms with Crippen molar-refractivity contribution < 1.29 is 0 Å². The maximum absolute atomic E-state index is 4.67. The van der Waals surface area contributed by atoms with Crippen molar-refractivity contribution in [3.8, 4) is 0 Å². The van der Waals surface area contributed by atoms with Gasteiger partial charge < -0.3 is 15.0 Å². The highest BCUT2D eigenvalue weighted by atomic mass is 15.2. The van der Waals surface area contributed by atoms with Gasteiger partial charge in [-0.05, 0) is 39.3 Å². The van der Waals surface area contributed by atoms with Gasteiger partial charge in [0.15, 0.2) is 5.96 Å². The number of guanidine groups is 1. The fourth-order valence-electron chi connectivity index (χ4n) is 2.17. The maximum Gasteiger partial charge on any atom is 0.191 e. The van der Waals surface area contributed by atoms with Crippen LogP contribution >= 0.6 is 0 Å². The molecular formula is C16H25N5. The summed E-state index contributed by atoms with van der Waals surface area (Å²) in [5.74, 6) is 0.822. The lowest BCUT2D eigenvalue weighted by Crippen LogP contribution is -2.48. The van der Waals surface area contributed by atoms with Crippen LogP contribution in [0.25, 0.3) is 5.65 Å². The van der Waals surface area contributed by atoms with Crippen molar-refractivity contribution in [1.29, 1.82) is 0 Å². The summed E-state index contributed by atoms with van der Waals surface area (Å²) in [6.07, 6.45) is 4.99. The third kappa shape index (κ3) is 4.21. The molecule has 0 atom stereocenters. The quantitative estimate of drug-likeness (QED) is 0.672. The Bertz CT molecular complexity index is 634. The molecule has 2 aromatic heterocycles. The van der Waals surface area contributed by atoms with Gasteiger partial charge in [0.2, 0.25) is 0 Å². The highest BCUT2D eigenvalue weighted by molar-refractivity contribution is 5.80. The van der Waals surface area contributed by atoms with Crippen molar-refractivity contribution in [2.24, 2.45) is 4.99 Å². The minimum absolute atomic E-state index is 0.00203. The summed E-state index contributed by atoms with van der Waals surface area (Å²) in [4.78, 5) is 8.90. The Morgan fingerprint density at radius 3 is 2.76 bits per heavy atom. The molecule has 2 heterocycles. The van der Waals surface area contributed by atoms with Gasteiger partial charge in [0, 0.05) is 37.9 Å². The molecule has 0 aromatic carbocycles. The summed E-state index contributed by atoms with van der Waals surface area (Å²) >= 11 is 0. The van der Waals surface area contributed by atoms with E-state index in [1.807, 2.05) is 12.3 Å². The second-order valence-electron chi connectivity index (χ2n) is 6.28. The number of nitrogens with zero attached hydrogens (tertiary/aromatic N) is 3. The van der Waals surface area contributed by atoms with Gasteiger partial charge in [-0.3, -0.25) is 4.99 Å². The maximum atomic E-state index is 4.67. The SMILES string of the molecule is CN=C(NCCc1cn2cccc(C)c2n1)NC(C)(C)C. The number of imidazole rings is 1. The van der Waals surface area contributed by atoms with Crippen LogP contribution in [0.1, 0.15) is 32.0 Å². The second kappa shape index (κ2) is 6.16. The number of rotatable bonds is 3. The molecule has 0 saturated heterocycles. The first kappa shape index (κ1) is 15.4. The lowest BCUT2D eigenvalue weighted by molar-refractivity contribution is 0.501. The number of nitrogens with one attached hydrogen (secondary N) is 2. The molecule has 0 radical (unpaired) electrons. The monoisotopic (exact) mass is 287 g/mol. The van der Waals surface area contributed by atoms with Gasteiger partial charge in [-0.1, -0.05) is 6.07 Å². The molecule has 0 aliphatic heterocycles. The first-order valence-corrected chi connectivity index (χ1v) is 7.31. The van der Waals surface area contributed by atoms with E-state index in [0.717, 1.165) is 30.3 Å². The van der Waals surface area contributed by atoms with E-state index in [-0.39, 0.29) is 5.54 Å². The van der Waals surface area contributed by atoms with Crippen LogP contribution in [0.3, 0.4) is 0 Å². The second-order valence-corrected chi connectivity index (χ2v) is 6.28. The zero-order valence-corrected chi connectivity index (χ0v) is 13.6. The van der Waals surface area contributed by atoms with E-state index >= 15 is 0 Å². The van der Waals surface area contributed by atoms with Crippen LogP contribution in [0, 0.1) is 6.92 Å². The average molecular weight is 287 g/mol. The summed E-state index contributed by atoms with van der Waals surface area (Å²) < 4.78 is 2.08. The van der Waals surface area contributed by atoms with E-state index in [1.54, 1.807) is 7.05 Å². The van der Waals surface area contributed by atoms with Gasteiger partial charge in [0.05, 0.1) is 5.69 Å². The molecule has 114 valence electrons. The summed E-state index contributed by atoms with van der Waals surface area (Å²) in [6, 6.07) is 4.13. The fourth-order valence-corrected chi connectivity index (χ4v) is 2.17. The van der Waals surface area contributed by atoms with Crippen molar-refractivity contribution >= 4 is 11.6 Å². The Balaban J connectivity index is 1.94. The number of hydrogen-bond acceptors (Lipinski definition) is 2. The highest BCUT2D eigenvalue weighted by Gasteiger charge is 2.11. The van der Waals surface area contributed by atoms with Gasteiger partial charge in [-0.15, -0.1) is 0 Å². The Kier molecular flexibility index (Phi) is 4.50. The zero-order chi connectivity index (χ0) is 15.5. The molecule has 0 bridgehead atoms. The predicted octanol–water partition coefficient (Wildman–Crippen LogP) is 2.15. The molecule has 21 heavy (non-hydrogen) atoms. The van der Waals surface area contributed by atoms with E-state index in [0.29, 0.717) is 0 Å². The first-order valence-electron chi connectivity index (χ1n) is 7.31. The van der Waals surface area contributed by atoms with Crippen LogP contribution in [0.5, 0.6) is 0 Å². The number of hydrogen-bond donors (Lipinski definition) is 2.